The molecule has 0 bridgehead atoms. The molecule has 1 heterocycles. The Bertz CT molecular complexity index is 785. The van der Waals surface area contributed by atoms with Gasteiger partial charge in [-0.1, -0.05) is 6.07 Å². The fourth-order valence-electron chi connectivity index (χ4n) is 1.89. The van der Waals surface area contributed by atoms with Crippen LogP contribution in [0, 0.1) is 25.5 Å². The summed E-state index contributed by atoms with van der Waals surface area (Å²) >= 11 is 1.07. The Hall–Kier alpha value is -1.51. The third-order valence-corrected chi connectivity index (χ3v) is 5.72. The van der Waals surface area contributed by atoms with Crippen molar-refractivity contribution in [1.82, 2.24) is 0 Å². The highest BCUT2D eigenvalue weighted by atomic mass is 32.2. The highest BCUT2D eigenvalue weighted by Crippen LogP contribution is 2.30. The molecule has 2 N–H and O–H groups in total. The summed E-state index contributed by atoms with van der Waals surface area (Å²) < 4.78 is 54.2. The van der Waals surface area contributed by atoms with Gasteiger partial charge in [-0.15, -0.1) is 11.3 Å². The Labute approximate surface area is 125 Å². The number of rotatable bonds is 4. The average molecular weight is 333 g/mol. The van der Waals surface area contributed by atoms with E-state index in [-0.39, 0.29) is 15.3 Å². The Morgan fingerprint density at radius 3 is 2.52 bits per heavy atom. The number of sulfonamides is 1. The number of aliphatic hydroxyl groups excluding tert-OH is 1. The van der Waals surface area contributed by atoms with Crippen molar-refractivity contribution in [1.29, 1.82) is 0 Å². The van der Waals surface area contributed by atoms with Gasteiger partial charge in [0.05, 0.1) is 11.5 Å². The summed E-state index contributed by atoms with van der Waals surface area (Å²) in [5.74, 6) is -1.96. The molecule has 1 aromatic carbocycles. The van der Waals surface area contributed by atoms with Crippen molar-refractivity contribution in [2.24, 2.45) is 0 Å². The van der Waals surface area contributed by atoms with Gasteiger partial charge in [0.25, 0.3) is 10.0 Å². The first-order valence-electron chi connectivity index (χ1n) is 5.93. The van der Waals surface area contributed by atoms with E-state index in [1.54, 1.807) is 12.3 Å². The van der Waals surface area contributed by atoms with Gasteiger partial charge in [-0.2, -0.15) is 0 Å². The number of hydrogen-bond acceptors (Lipinski definition) is 4. The van der Waals surface area contributed by atoms with E-state index in [9.17, 15) is 22.3 Å². The number of halogens is 2. The summed E-state index contributed by atoms with van der Waals surface area (Å²) in [5.41, 5.74) is -0.187. The van der Waals surface area contributed by atoms with E-state index < -0.39 is 34.0 Å². The first-order valence-corrected chi connectivity index (χ1v) is 8.29. The predicted octanol–water partition coefficient (Wildman–Crippen LogP) is 2.94. The molecule has 0 amide bonds. The number of aryl methyl sites for hydroxylation is 2. The first kappa shape index (κ1) is 15.9. The van der Waals surface area contributed by atoms with Crippen LogP contribution < -0.4 is 4.72 Å². The summed E-state index contributed by atoms with van der Waals surface area (Å²) in [5, 5.41) is 10.7. The third kappa shape index (κ3) is 2.92. The summed E-state index contributed by atoms with van der Waals surface area (Å²) in [6, 6.07) is 2.21. The maximum atomic E-state index is 13.9. The highest BCUT2D eigenvalue weighted by molar-refractivity contribution is 7.93. The van der Waals surface area contributed by atoms with Gasteiger partial charge in [0.2, 0.25) is 0 Å². The average Bonchev–Trinajstić information content (AvgIpc) is 2.81. The minimum atomic E-state index is -4.18. The molecule has 8 heteroatoms. The predicted molar refractivity (Wildman–Crippen MR) is 76.9 cm³/mol. The van der Waals surface area contributed by atoms with Crippen molar-refractivity contribution in [3.8, 4) is 0 Å². The molecule has 2 aromatic rings. The fraction of sp³-hybridized carbons (Fsp3) is 0.231. The topological polar surface area (TPSA) is 66.4 Å². The van der Waals surface area contributed by atoms with Crippen molar-refractivity contribution in [3.05, 3.63) is 45.2 Å². The lowest BCUT2D eigenvalue weighted by Crippen LogP contribution is -2.17. The van der Waals surface area contributed by atoms with Crippen LogP contribution in [0.2, 0.25) is 0 Å². The Morgan fingerprint density at radius 2 is 1.90 bits per heavy atom. The van der Waals surface area contributed by atoms with E-state index in [2.05, 4.69) is 0 Å². The Kier molecular flexibility index (Phi) is 4.31. The lowest BCUT2D eigenvalue weighted by Gasteiger charge is -2.12. The van der Waals surface area contributed by atoms with E-state index >= 15 is 0 Å². The molecule has 0 aliphatic rings. The van der Waals surface area contributed by atoms with Gasteiger partial charge in [0, 0.05) is 0 Å². The standard InChI is InChI=1S/C13H13F2NO3S2/c1-7-3-4-9(14)12(11(7)15)16-21(18,19)13-8(2)6-20-10(13)5-17/h3-4,6,16-17H,5H2,1-2H3. The lowest BCUT2D eigenvalue weighted by molar-refractivity contribution is 0.282. The fourth-order valence-corrected chi connectivity index (χ4v) is 4.63. The molecule has 0 aliphatic heterocycles. The molecule has 4 nitrogen and oxygen atoms in total. The van der Waals surface area contributed by atoms with E-state index in [0.29, 0.717) is 5.56 Å². The number of anilines is 1. The molecule has 0 aliphatic carbocycles. The number of aliphatic hydroxyl groups is 1. The molecule has 1 aromatic heterocycles. The normalized spacial score (nSPS) is 11.7. The zero-order chi connectivity index (χ0) is 15.8. The lowest BCUT2D eigenvalue weighted by atomic mass is 10.2. The maximum absolute atomic E-state index is 13.9. The first-order chi connectivity index (χ1) is 9.77. The van der Waals surface area contributed by atoms with Crippen LogP contribution in [0.1, 0.15) is 16.0 Å². The molecule has 2 rings (SSSR count). The van der Waals surface area contributed by atoms with Gasteiger partial charge in [-0.05, 0) is 36.4 Å². The van der Waals surface area contributed by atoms with Crippen LogP contribution in [0.25, 0.3) is 0 Å². The van der Waals surface area contributed by atoms with E-state index in [1.807, 2.05) is 4.72 Å². The van der Waals surface area contributed by atoms with E-state index in [4.69, 9.17) is 0 Å². The number of benzene rings is 1. The van der Waals surface area contributed by atoms with Crippen LogP contribution >= 0.6 is 11.3 Å². The maximum Gasteiger partial charge on any atom is 0.263 e. The molecule has 0 saturated heterocycles. The van der Waals surface area contributed by atoms with E-state index in [0.717, 1.165) is 17.4 Å². The summed E-state index contributed by atoms with van der Waals surface area (Å²) in [6.45, 7) is 2.49. The number of thiophene rings is 1. The molecular weight excluding hydrogens is 320 g/mol. The van der Waals surface area contributed by atoms with Gasteiger partial charge in [0.1, 0.15) is 16.4 Å². The molecule has 0 atom stereocenters. The van der Waals surface area contributed by atoms with Crippen LogP contribution in [-0.4, -0.2) is 13.5 Å². The van der Waals surface area contributed by atoms with Crippen molar-refractivity contribution in [2.75, 3.05) is 4.72 Å². The van der Waals surface area contributed by atoms with Crippen LogP contribution in [0.5, 0.6) is 0 Å². The minimum absolute atomic E-state index is 0.124. The van der Waals surface area contributed by atoms with Crippen molar-refractivity contribution in [3.63, 3.8) is 0 Å². The smallest absolute Gasteiger partial charge is 0.263 e. The van der Waals surface area contributed by atoms with Crippen LogP contribution in [0.4, 0.5) is 14.5 Å². The van der Waals surface area contributed by atoms with Gasteiger partial charge in [0.15, 0.2) is 5.82 Å². The van der Waals surface area contributed by atoms with Gasteiger partial charge >= 0.3 is 0 Å². The van der Waals surface area contributed by atoms with Crippen LogP contribution in [-0.2, 0) is 16.6 Å². The molecule has 0 saturated carbocycles. The molecule has 0 radical (unpaired) electrons. The van der Waals surface area contributed by atoms with Crippen LogP contribution in [0.15, 0.2) is 22.4 Å². The summed E-state index contributed by atoms with van der Waals surface area (Å²) in [6.07, 6.45) is 0. The SMILES string of the molecule is Cc1ccc(F)c(NS(=O)(=O)c2c(C)csc2CO)c1F. The summed E-state index contributed by atoms with van der Waals surface area (Å²) in [7, 11) is -4.18. The second-order valence-corrected chi connectivity index (χ2v) is 7.07. The number of nitrogens with one attached hydrogen (secondary N) is 1. The molecule has 0 unspecified atom stereocenters. The minimum Gasteiger partial charge on any atom is -0.391 e. The van der Waals surface area contributed by atoms with Gasteiger partial charge in [-0.3, -0.25) is 4.72 Å². The number of hydrogen-bond donors (Lipinski definition) is 2. The second-order valence-electron chi connectivity index (χ2n) is 4.49. The van der Waals surface area contributed by atoms with Crippen molar-refractivity contribution < 1.29 is 22.3 Å². The molecule has 21 heavy (non-hydrogen) atoms. The quantitative estimate of drug-likeness (QED) is 0.904. The van der Waals surface area contributed by atoms with Crippen molar-refractivity contribution in [2.45, 2.75) is 25.3 Å². The largest absolute Gasteiger partial charge is 0.391 e. The third-order valence-electron chi connectivity index (χ3n) is 2.92. The van der Waals surface area contributed by atoms with E-state index in [1.165, 1.54) is 13.0 Å². The highest BCUT2D eigenvalue weighted by Gasteiger charge is 2.25. The van der Waals surface area contributed by atoms with Gasteiger partial charge in [-0.25, -0.2) is 17.2 Å². The second kappa shape index (κ2) is 5.70. The Balaban J connectivity index is 2.53. The van der Waals surface area contributed by atoms with Crippen molar-refractivity contribution >= 4 is 27.0 Å². The van der Waals surface area contributed by atoms with Gasteiger partial charge < -0.3 is 5.11 Å². The Morgan fingerprint density at radius 1 is 1.24 bits per heavy atom. The molecule has 0 fully saturated rings. The molecule has 0 spiro atoms. The monoisotopic (exact) mass is 333 g/mol. The molecular formula is C13H13F2NO3S2. The zero-order valence-electron chi connectivity index (χ0n) is 11.3. The van der Waals surface area contributed by atoms with Crippen LogP contribution in [0.3, 0.4) is 0 Å². The molecule has 114 valence electrons. The zero-order valence-corrected chi connectivity index (χ0v) is 12.9. The summed E-state index contributed by atoms with van der Waals surface area (Å²) in [4.78, 5) is 0.0729.